The fraction of sp³-hybridized carbons (Fsp3) is 0.0769. The first-order chi connectivity index (χ1) is 9.47. The summed E-state index contributed by atoms with van der Waals surface area (Å²) in [7, 11) is 0. The van der Waals surface area contributed by atoms with E-state index in [9.17, 15) is 14.5 Å². The average molecular weight is 388 g/mol. The zero-order valence-corrected chi connectivity index (χ0v) is 12.3. The van der Waals surface area contributed by atoms with Crippen molar-refractivity contribution in [3.05, 3.63) is 61.5 Å². The molecule has 2 aromatic rings. The number of nitro groups is 1. The molecule has 7 heteroatoms. The predicted molar refractivity (Wildman–Crippen MR) is 81.2 cm³/mol. The predicted octanol–water partition coefficient (Wildman–Crippen LogP) is 3.66. The highest BCUT2D eigenvalue weighted by atomic mass is 127. The van der Waals surface area contributed by atoms with E-state index in [0.29, 0.717) is 6.54 Å². The monoisotopic (exact) mass is 388 g/mol. The van der Waals surface area contributed by atoms with E-state index in [1.807, 2.05) is 0 Å². The van der Waals surface area contributed by atoms with Crippen LogP contribution in [0.15, 0.2) is 36.4 Å². The average Bonchev–Trinajstić information content (AvgIpc) is 2.41. The summed E-state index contributed by atoms with van der Waals surface area (Å²) in [6, 6.07) is 8.68. The summed E-state index contributed by atoms with van der Waals surface area (Å²) in [4.78, 5) is 10.4. The van der Waals surface area contributed by atoms with Gasteiger partial charge in [0.1, 0.15) is 17.3 Å². The van der Waals surface area contributed by atoms with Crippen LogP contribution in [0.4, 0.5) is 15.8 Å². The number of nitrogens with zero attached hydrogens (tertiary/aromatic N) is 1. The molecule has 5 nitrogen and oxygen atoms in total. The van der Waals surface area contributed by atoms with E-state index >= 15 is 0 Å². The Bertz CT molecular complexity index is 647. The van der Waals surface area contributed by atoms with Gasteiger partial charge in [0.05, 0.1) is 8.49 Å². The molecule has 0 heterocycles. The lowest BCUT2D eigenvalue weighted by molar-refractivity contribution is -0.384. The largest absolute Gasteiger partial charge is 0.508 e. The van der Waals surface area contributed by atoms with Gasteiger partial charge in [-0.15, -0.1) is 0 Å². The van der Waals surface area contributed by atoms with E-state index in [2.05, 4.69) is 5.32 Å². The van der Waals surface area contributed by atoms with E-state index in [1.165, 1.54) is 18.2 Å². The van der Waals surface area contributed by atoms with Crippen LogP contribution >= 0.6 is 22.6 Å². The topological polar surface area (TPSA) is 75.4 Å². The summed E-state index contributed by atoms with van der Waals surface area (Å²) in [5.74, 6) is -0.371. The number of anilines is 1. The van der Waals surface area contributed by atoms with Crippen molar-refractivity contribution in [3.63, 3.8) is 0 Å². The first-order valence-electron chi connectivity index (χ1n) is 5.62. The van der Waals surface area contributed by atoms with Crippen LogP contribution in [0.2, 0.25) is 0 Å². The summed E-state index contributed by atoms with van der Waals surface area (Å²) in [6.45, 7) is 0.293. The maximum Gasteiger partial charge on any atom is 0.293 e. The molecule has 0 atom stereocenters. The van der Waals surface area contributed by atoms with Gasteiger partial charge in [-0.05, 0) is 40.3 Å². The van der Waals surface area contributed by atoms with Gasteiger partial charge in [0, 0.05) is 18.7 Å². The Balaban J connectivity index is 2.22. The molecule has 0 saturated carbocycles. The maximum absolute atomic E-state index is 13.5. The number of hydrogen-bond donors (Lipinski definition) is 2. The third-order valence-electron chi connectivity index (χ3n) is 2.65. The fourth-order valence-corrected chi connectivity index (χ4v) is 2.09. The highest BCUT2D eigenvalue weighted by molar-refractivity contribution is 14.1. The number of phenolic OH excluding ortho intramolecular Hbond substituents is 1. The van der Waals surface area contributed by atoms with Crippen molar-refractivity contribution in [2.75, 3.05) is 5.32 Å². The number of phenols is 1. The van der Waals surface area contributed by atoms with Crippen LogP contribution in [-0.4, -0.2) is 10.0 Å². The second-order valence-electron chi connectivity index (χ2n) is 4.06. The standard InChI is InChI=1S/C13H10FIN2O3/c14-10-5-12(13(17(19)20)6-11(10)15)16-7-8-1-3-9(18)4-2-8/h1-6,16,18H,7H2. The van der Waals surface area contributed by atoms with Gasteiger partial charge >= 0.3 is 0 Å². The van der Waals surface area contributed by atoms with Crippen LogP contribution in [-0.2, 0) is 6.54 Å². The summed E-state index contributed by atoms with van der Waals surface area (Å²) < 4.78 is 13.7. The smallest absolute Gasteiger partial charge is 0.293 e. The molecule has 20 heavy (non-hydrogen) atoms. The molecule has 0 aliphatic rings. The summed E-state index contributed by atoms with van der Waals surface area (Å²) in [5.41, 5.74) is 0.770. The van der Waals surface area contributed by atoms with Crippen LogP contribution < -0.4 is 5.32 Å². The fourth-order valence-electron chi connectivity index (χ4n) is 1.64. The van der Waals surface area contributed by atoms with Crippen molar-refractivity contribution in [2.24, 2.45) is 0 Å². The number of nitro benzene ring substituents is 1. The van der Waals surface area contributed by atoms with Gasteiger partial charge in [0.25, 0.3) is 5.69 Å². The molecule has 0 spiro atoms. The highest BCUT2D eigenvalue weighted by Crippen LogP contribution is 2.29. The van der Waals surface area contributed by atoms with Gasteiger partial charge in [-0.3, -0.25) is 10.1 Å². The van der Waals surface area contributed by atoms with E-state index in [4.69, 9.17) is 5.11 Å². The summed E-state index contributed by atoms with van der Waals surface area (Å²) in [5, 5.41) is 22.9. The first-order valence-corrected chi connectivity index (χ1v) is 6.70. The Morgan fingerprint density at radius 3 is 2.55 bits per heavy atom. The Morgan fingerprint density at radius 2 is 1.95 bits per heavy atom. The zero-order valence-electron chi connectivity index (χ0n) is 10.1. The van der Waals surface area contributed by atoms with E-state index < -0.39 is 10.7 Å². The molecule has 2 rings (SSSR count). The van der Waals surface area contributed by atoms with Gasteiger partial charge in [-0.1, -0.05) is 12.1 Å². The number of halogens is 2. The highest BCUT2D eigenvalue weighted by Gasteiger charge is 2.17. The normalized spacial score (nSPS) is 10.3. The van der Waals surface area contributed by atoms with E-state index in [-0.39, 0.29) is 20.7 Å². The molecule has 0 aromatic heterocycles. The molecule has 0 unspecified atom stereocenters. The van der Waals surface area contributed by atoms with Crippen molar-refractivity contribution in [2.45, 2.75) is 6.54 Å². The van der Waals surface area contributed by atoms with Crippen LogP contribution in [0.5, 0.6) is 5.75 Å². The van der Waals surface area contributed by atoms with Crippen LogP contribution in [0.25, 0.3) is 0 Å². The molecule has 0 saturated heterocycles. The third-order valence-corrected chi connectivity index (χ3v) is 3.48. The van der Waals surface area contributed by atoms with E-state index in [0.717, 1.165) is 11.6 Å². The van der Waals surface area contributed by atoms with Crippen LogP contribution in [0, 0.1) is 19.5 Å². The Labute approximate surface area is 127 Å². The Hall–Kier alpha value is -1.90. The van der Waals surface area contributed by atoms with Crippen molar-refractivity contribution >= 4 is 34.0 Å². The second kappa shape index (κ2) is 6.04. The Morgan fingerprint density at radius 1 is 1.30 bits per heavy atom. The molecular formula is C13H10FIN2O3. The zero-order chi connectivity index (χ0) is 14.7. The molecule has 2 aromatic carbocycles. The third kappa shape index (κ3) is 3.35. The van der Waals surface area contributed by atoms with Gasteiger partial charge in [-0.2, -0.15) is 0 Å². The van der Waals surface area contributed by atoms with Crippen molar-refractivity contribution in [1.82, 2.24) is 0 Å². The molecule has 0 aliphatic carbocycles. The van der Waals surface area contributed by atoms with Gasteiger partial charge in [-0.25, -0.2) is 4.39 Å². The molecule has 0 bridgehead atoms. The van der Waals surface area contributed by atoms with Crippen LogP contribution in [0.1, 0.15) is 5.56 Å². The van der Waals surface area contributed by atoms with Gasteiger partial charge < -0.3 is 10.4 Å². The van der Waals surface area contributed by atoms with Crippen molar-refractivity contribution in [3.8, 4) is 5.75 Å². The Kier molecular flexibility index (Phi) is 4.38. The number of hydrogen-bond acceptors (Lipinski definition) is 4. The van der Waals surface area contributed by atoms with Gasteiger partial charge in [0.2, 0.25) is 0 Å². The molecule has 104 valence electrons. The minimum absolute atomic E-state index is 0.126. The van der Waals surface area contributed by atoms with Crippen molar-refractivity contribution < 1.29 is 14.4 Å². The number of benzene rings is 2. The van der Waals surface area contributed by atoms with E-state index in [1.54, 1.807) is 34.7 Å². The maximum atomic E-state index is 13.5. The lowest BCUT2D eigenvalue weighted by Crippen LogP contribution is -2.04. The van der Waals surface area contributed by atoms with Crippen molar-refractivity contribution in [1.29, 1.82) is 0 Å². The van der Waals surface area contributed by atoms with Crippen LogP contribution in [0.3, 0.4) is 0 Å². The SMILES string of the molecule is O=[N+]([O-])c1cc(I)c(F)cc1NCc1ccc(O)cc1. The number of nitrogens with one attached hydrogen (secondary N) is 1. The summed E-state index contributed by atoms with van der Waals surface area (Å²) in [6.07, 6.45) is 0. The molecule has 0 fully saturated rings. The quantitative estimate of drug-likeness (QED) is 0.476. The minimum atomic E-state index is -0.555. The number of aromatic hydroxyl groups is 1. The minimum Gasteiger partial charge on any atom is -0.508 e. The molecule has 0 aliphatic heterocycles. The first kappa shape index (κ1) is 14.5. The lowest BCUT2D eigenvalue weighted by atomic mass is 10.2. The van der Waals surface area contributed by atoms with Gasteiger partial charge in [0.15, 0.2) is 0 Å². The molecule has 0 radical (unpaired) electrons. The molecule has 2 N–H and O–H groups in total. The molecular weight excluding hydrogens is 378 g/mol. The lowest BCUT2D eigenvalue weighted by Gasteiger charge is -2.08. The molecule has 0 amide bonds. The second-order valence-corrected chi connectivity index (χ2v) is 5.22. The summed E-state index contributed by atoms with van der Waals surface area (Å²) >= 11 is 1.71. The number of rotatable bonds is 4.